The number of urea groups is 1. The lowest BCUT2D eigenvalue weighted by atomic mass is 10.1. The summed E-state index contributed by atoms with van der Waals surface area (Å²) in [6.07, 6.45) is -0.597. The Hall–Kier alpha value is -3.17. The molecule has 4 N–H and O–H groups in total. The summed E-state index contributed by atoms with van der Waals surface area (Å²) in [5.41, 5.74) is 0.317. The lowest BCUT2D eigenvalue weighted by Crippen LogP contribution is -2.36. The molecule has 0 saturated heterocycles. The van der Waals surface area contributed by atoms with E-state index in [1.807, 2.05) is 0 Å². The number of methoxy groups -OCH3 is 3. The van der Waals surface area contributed by atoms with E-state index in [0.717, 1.165) is 0 Å². The van der Waals surface area contributed by atoms with E-state index in [1.165, 1.54) is 33.5 Å². The van der Waals surface area contributed by atoms with Crippen molar-refractivity contribution in [1.82, 2.24) is 5.32 Å². The van der Waals surface area contributed by atoms with Gasteiger partial charge >= 0.3 is 18.0 Å². The number of benzene rings is 1. The van der Waals surface area contributed by atoms with Crippen molar-refractivity contribution in [2.45, 2.75) is 6.42 Å². The molecule has 10 heteroatoms. The molecule has 2 amide bonds. The molecule has 25 heavy (non-hydrogen) atoms. The maximum Gasteiger partial charge on any atom is 0.319 e. The third-order valence-electron chi connectivity index (χ3n) is 3.20. The van der Waals surface area contributed by atoms with E-state index in [1.54, 1.807) is 0 Å². The van der Waals surface area contributed by atoms with E-state index < -0.39 is 30.3 Å². The number of carbonyl (C=O) groups excluding carboxylic acids is 1. The largest absolute Gasteiger partial charge is 0.493 e. The minimum Gasteiger partial charge on any atom is -0.493 e. The van der Waals surface area contributed by atoms with Gasteiger partial charge in [0.1, 0.15) is 0 Å². The van der Waals surface area contributed by atoms with Crippen LogP contribution in [0.25, 0.3) is 0 Å². The van der Waals surface area contributed by atoms with Gasteiger partial charge in [0, 0.05) is 18.7 Å². The number of rotatable bonds is 9. The molecule has 0 aliphatic rings. The minimum absolute atomic E-state index is 0.317. The van der Waals surface area contributed by atoms with Crippen LogP contribution in [0.2, 0.25) is 0 Å². The zero-order chi connectivity index (χ0) is 19.0. The Labute approximate surface area is 143 Å². The second-order valence-electron chi connectivity index (χ2n) is 4.88. The first-order valence-corrected chi connectivity index (χ1v) is 7.11. The van der Waals surface area contributed by atoms with Gasteiger partial charge in [0.05, 0.1) is 39.4 Å². The first-order valence-electron chi connectivity index (χ1n) is 7.11. The Balaban J connectivity index is 2.79. The van der Waals surface area contributed by atoms with E-state index >= 15 is 0 Å². The summed E-state index contributed by atoms with van der Waals surface area (Å²) in [6, 6.07) is 2.28. The molecule has 1 aromatic rings. The molecule has 0 radical (unpaired) electrons. The number of hydrogen-bond acceptors (Lipinski definition) is 6. The number of carbonyl (C=O) groups is 3. The number of carboxylic acids is 2. The molecular formula is C15H20N2O8. The zero-order valence-corrected chi connectivity index (χ0v) is 14.0. The van der Waals surface area contributed by atoms with E-state index in [9.17, 15) is 14.4 Å². The quantitative estimate of drug-likeness (QED) is 0.513. The maximum absolute atomic E-state index is 11.9. The Bertz CT molecular complexity index is 621. The SMILES string of the molecule is COc1cc(NC(=O)NCC(CC(=O)O)C(=O)O)cc(OC)c1OC. The van der Waals surface area contributed by atoms with Crippen LogP contribution in [0.3, 0.4) is 0 Å². The van der Waals surface area contributed by atoms with Crippen molar-refractivity contribution in [1.29, 1.82) is 0 Å². The molecule has 0 spiro atoms. The Morgan fingerprint density at radius 1 is 1.04 bits per heavy atom. The predicted molar refractivity (Wildman–Crippen MR) is 86.5 cm³/mol. The zero-order valence-electron chi connectivity index (χ0n) is 14.0. The summed E-state index contributed by atoms with van der Waals surface area (Å²) in [5, 5.41) is 22.4. The highest BCUT2D eigenvalue weighted by Crippen LogP contribution is 2.39. The molecule has 138 valence electrons. The summed E-state index contributed by atoms with van der Waals surface area (Å²) >= 11 is 0. The van der Waals surface area contributed by atoms with Crippen molar-refractivity contribution < 1.29 is 38.8 Å². The van der Waals surface area contributed by atoms with Crippen molar-refractivity contribution in [2.75, 3.05) is 33.2 Å². The van der Waals surface area contributed by atoms with Gasteiger partial charge in [-0.3, -0.25) is 9.59 Å². The monoisotopic (exact) mass is 356 g/mol. The maximum atomic E-state index is 11.9. The highest BCUT2D eigenvalue weighted by molar-refractivity contribution is 5.90. The summed E-state index contributed by atoms with van der Waals surface area (Å²) in [4.78, 5) is 33.5. The number of anilines is 1. The molecule has 1 unspecified atom stereocenters. The molecule has 0 aromatic heterocycles. The molecule has 0 aliphatic heterocycles. The predicted octanol–water partition coefficient (Wildman–Crippen LogP) is 1.01. The van der Waals surface area contributed by atoms with Gasteiger partial charge in [-0.25, -0.2) is 4.79 Å². The first-order chi connectivity index (χ1) is 11.8. The average Bonchev–Trinajstić information content (AvgIpc) is 2.56. The molecule has 1 rings (SSSR count). The summed E-state index contributed by atoms with van der Waals surface area (Å²) in [5.74, 6) is -2.81. The summed E-state index contributed by atoms with van der Waals surface area (Å²) in [7, 11) is 4.28. The van der Waals surface area contributed by atoms with Gasteiger partial charge in [-0.15, -0.1) is 0 Å². The van der Waals surface area contributed by atoms with Crippen LogP contribution in [0.15, 0.2) is 12.1 Å². The normalized spacial score (nSPS) is 11.2. The number of ether oxygens (including phenoxy) is 3. The first kappa shape index (κ1) is 19.9. The van der Waals surface area contributed by atoms with E-state index in [4.69, 9.17) is 24.4 Å². The number of carboxylic acid groups (broad SMARTS) is 2. The van der Waals surface area contributed by atoms with Gasteiger partial charge in [0.2, 0.25) is 5.75 Å². The fraction of sp³-hybridized carbons (Fsp3) is 0.400. The molecule has 0 saturated carbocycles. The Morgan fingerprint density at radius 3 is 2.00 bits per heavy atom. The highest BCUT2D eigenvalue weighted by Gasteiger charge is 2.22. The fourth-order valence-corrected chi connectivity index (χ4v) is 2.00. The lowest BCUT2D eigenvalue weighted by molar-refractivity contribution is -0.148. The van der Waals surface area contributed by atoms with Crippen LogP contribution >= 0.6 is 0 Å². The Morgan fingerprint density at radius 2 is 1.60 bits per heavy atom. The Kier molecular flexibility index (Phi) is 7.32. The van der Waals surface area contributed by atoms with Gasteiger partial charge in [-0.1, -0.05) is 0 Å². The smallest absolute Gasteiger partial charge is 0.319 e. The third kappa shape index (κ3) is 5.75. The van der Waals surface area contributed by atoms with Crippen LogP contribution in [-0.4, -0.2) is 56.1 Å². The van der Waals surface area contributed by atoms with Gasteiger partial charge in [0.15, 0.2) is 11.5 Å². The van der Waals surface area contributed by atoms with E-state index in [0.29, 0.717) is 22.9 Å². The van der Waals surface area contributed by atoms with Crippen molar-refractivity contribution in [3.8, 4) is 17.2 Å². The highest BCUT2D eigenvalue weighted by atomic mass is 16.5. The molecule has 0 fully saturated rings. The second kappa shape index (κ2) is 9.21. The second-order valence-corrected chi connectivity index (χ2v) is 4.88. The van der Waals surface area contributed by atoms with E-state index in [2.05, 4.69) is 10.6 Å². The lowest BCUT2D eigenvalue weighted by Gasteiger charge is -2.15. The minimum atomic E-state index is -1.31. The van der Waals surface area contributed by atoms with Crippen LogP contribution < -0.4 is 24.8 Å². The number of hydrogen-bond donors (Lipinski definition) is 4. The number of aliphatic carboxylic acids is 2. The molecule has 0 bridgehead atoms. The molecular weight excluding hydrogens is 336 g/mol. The van der Waals surface area contributed by atoms with E-state index in [-0.39, 0.29) is 6.54 Å². The van der Waals surface area contributed by atoms with Crippen molar-refractivity contribution in [3.05, 3.63) is 12.1 Å². The number of amides is 2. The molecule has 10 nitrogen and oxygen atoms in total. The average molecular weight is 356 g/mol. The van der Waals surface area contributed by atoms with Crippen LogP contribution in [0, 0.1) is 5.92 Å². The van der Waals surface area contributed by atoms with Crippen LogP contribution in [0.1, 0.15) is 6.42 Å². The molecule has 0 heterocycles. The number of nitrogens with one attached hydrogen (secondary N) is 2. The summed E-state index contributed by atoms with van der Waals surface area (Å²) < 4.78 is 15.5. The van der Waals surface area contributed by atoms with Crippen LogP contribution in [0.5, 0.6) is 17.2 Å². The van der Waals surface area contributed by atoms with Gasteiger partial charge in [-0.2, -0.15) is 0 Å². The third-order valence-corrected chi connectivity index (χ3v) is 3.20. The van der Waals surface area contributed by atoms with Crippen molar-refractivity contribution in [3.63, 3.8) is 0 Å². The summed E-state index contributed by atoms with van der Waals surface area (Å²) in [6.45, 7) is -0.335. The van der Waals surface area contributed by atoms with Crippen LogP contribution in [-0.2, 0) is 9.59 Å². The van der Waals surface area contributed by atoms with Gasteiger partial charge < -0.3 is 35.1 Å². The standard InChI is InChI=1S/C15H20N2O8/c1-23-10-5-9(6-11(24-2)13(10)25-3)17-15(22)16-7-8(14(20)21)4-12(18)19/h5-6,8H,4,7H2,1-3H3,(H,18,19)(H,20,21)(H2,16,17,22). The van der Waals surface area contributed by atoms with Gasteiger partial charge in [-0.05, 0) is 0 Å². The fourth-order valence-electron chi connectivity index (χ4n) is 2.00. The molecule has 0 aliphatic carbocycles. The topological polar surface area (TPSA) is 143 Å². The van der Waals surface area contributed by atoms with Gasteiger partial charge in [0.25, 0.3) is 0 Å². The van der Waals surface area contributed by atoms with Crippen LogP contribution in [0.4, 0.5) is 10.5 Å². The molecule has 1 atom stereocenters. The van der Waals surface area contributed by atoms with Crippen molar-refractivity contribution in [2.24, 2.45) is 5.92 Å². The molecule has 1 aromatic carbocycles. The van der Waals surface area contributed by atoms with Crippen molar-refractivity contribution >= 4 is 23.7 Å².